The van der Waals surface area contributed by atoms with Gasteiger partial charge in [0.25, 0.3) is 8.32 Å². The van der Waals surface area contributed by atoms with Crippen LogP contribution in [0.3, 0.4) is 0 Å². The third-order valence-corrected chi connectivity index (χ3v) is 18.1. The van der Waals surface area contributed by atoms with E-state index in [1.165, 1.54) is 22.6 Å². The first kappa shape index (κ1) is 42.6. The van der Waals surface area contributed by atoms with Crippen molar-refractivity contribution in [3.05, 3.63) is 144 Å². The molecule has 0 aromatic heterocycles. The molecule has 5 aromatic rings. The Morgan fingerprint density at radius 3 is 2.16 bits per heavy atom. The molecule has 61 heavy (non-hydrogen) atoms. The minimum absolute atomic E-state index is 0.147. The number of benzene rings is 5. The molecule has 312 valence electrons. The maximum Gasteiger partial charge on any atom is 0.488 e. The molecule has 0 saturated carbocycles. The van der Waals surface area contributed by atoms with Crippen LogP contribution in [0.25, 0.3) is 16.8 Å². The number of allylic oxidation sites excluding steroid dienone is 1. The summed E-state index contributed by atoms with van der Waals surface area (Å²) >= 11 is 0. The van der Waals surface area contributed by atoms with E-state index in [1.807, 2.05) is 66.7 Å². The van der Waals surface area contributed by atoms with Crippen molar-refractivity contribution in [2.75, 3.05) is 11.5 Å². The van der Waals surface area contributed by atoms with Crippen molar-refractivity contribution in [3.8, 4) is 5.75 Å². The Labute approximate surface area is 359 Å². The van der Waals surface area contributed by atoms with Crippen LogP contribution in [0.1, 0.15) is 58.9 Å². The van der Waals surface area contributed by atoms with Gasteiger partial charge in [-0.15, -0.1) is 0 Å². The average molecular weight is 834 g/mol. The normalized spacial score (nSPS) is 20.9. The summed E-state index contributed by atoms with van der Waals surface area (Å²) < 4.78 is 14.0. The number of hydrogen-bond donors (Lipinski definition) is 4. The fourth-order valence-corrected chi connectivity index (χ4v) is 14.8. The summed E-state index contributed by atoms with van der Waals surface area (Å²) in [5, 5.41) is 45.6. The molecule has 2 aliphatic heterocycles. The number of phenols is 1. The molecule has 2 fully saturated rings. The van der Waals surface area contributed by atoms with E-state index in [4.69, 9.17) is 9.08 Å². The molecule has 1 aliphatic carbocycles. The van der Waals surface area contributed by atoms with E-state index in [-0.39, 0.29) is 53.1 Å². The number of aromatic hydroxyl groups is 1. The predicted octanol–water partition coefficient (Wildman–Crippen LogP) is 6.38. The van der Waals surface area contributed by atoms with Gasteiger partial charge in [-0.25, -0.2) is 0 Å². The van der Waals surface area contributed by atoms with Gasteiger partial charge in [-0.3, -0.25) is 14.5 Å². The van der Waals surface area contributed by atoms with Gasteiger partial charge >= 0.3 is 14.2 Å². The summed E-state index contributed by atoms with van der Waals surface area (Å²) in [6, 6.07) is 38.5. The first-order valence-electron chi connectivity index (χ1n) is 21.4. The number of amides is 2. The molecule has 0 unspecified atom stereocenters. The van der Waals surface area contributed by atoms with Gasteiger partial charge < -0.3 is 29.3 Å². The second kappa shape index (κ2) is 17.4. The largest absolute Gasteiger partial charge is 0.507 e. The molecule has 4 N–H and O–H groups in total. The smallest absolute Gasteiger partial charge is 0.488 e. The summed E-state index contributed by atoms with van der Waals surface area (Å²) in [6.07, 6.45) is 3.99. The molecular weight excluding hydrogens is 780 g/mol. The van der Waals surface area contributed by atoms with Crippen molar-refractivity contribution < 1.29 is 38.8 Å². The lowest BCUT2D eigenvalue weighted by molar-refractivity contribution is -0.122. The summed E-state index contributed by atoms with van der Waals surface area (Å²) in [7, 11) is -5.97. The van der Waals surface area contributed by atoms with Crippen LogP contribution in [-0.4, -0.2) is 67.3 Å². The van der Waals surface area contributed by atoms with E-state index in [2.05, 4.69) is 58.0 Å². The van der Waals surface area contributed by atoms with Crippen molar-refractivity contribution in [2.24, 2.45) is 17.8 Å². The van der Waals surface area contributed by atoms with Gasteiger partial charge in [-0.1, -0.05) is 142 Å². The minimum atomic E-state index is -3.05. The fourth-order valence-electron chi connectivity index (χ4n) is 10.3. The van der Waals surface area contributed by atoms with E-state index in [0.717, 1.165) is 44.3 Å². The lowest BCUT2D eigenvalue weighted by atomic mass is 9.58. The zero-order valence-electron chi connectivity index (χ0n) is 35.2. The van der Waals surface area contributed by atoms with Gasteiger partial charge in [0, 0.05) is 5.39 Å². The Kier molecular flexibility index (Phi) is 12.1. The first-order chi connectivity index (χ1) is 29.3. The highest BCUT2D eigenvalue weighted by Gasteiger charge is 2.58. The molecule has 8 rings (SSSR count). The molecule has 3 aliphatic rings. The Hall–Kier alpha value is -5.07. The Bertz CT molecular complexity index is 2450. The highest BCUT2D eigenvalue weighted by molar-refractivity contribution is 6.99. The molecule has 2 saturated heterocycles. The lowest BCUT2D eigenvalue weighted by Crippen LogP contribution is -2.66. The molecule has 4 atom stereocenters. The van der Waals surface area contributed by atoms with E-state index < -0.39 is 46.4 Å². The number of carbonyl (C=O) groups excluding carboxylic acids is 2. The highest BCUT2D eigenvalue weighted by Crippen LogP contribution is 2.52. The van der Waals surface area contributed by atoms with Crippen molar-refractivity contribution in [3.63, 3.8) is 0 Å². The van der Waals surface area contributed by atoms with E-state index in [9.17, 15) is 29.8 Å². The van der Waals surface area contributed by atoms with Crippen molar-refractivity contribution in [1.29, 1.82) is 0 Å². The number of nitrogens with zero attached hydrogens (tertiary/aromatic N) is 1. The molecule has 0 bridgehead atoms. The number of anilines is 1. The van der Waals surface area contributed by atoms with E-state index in [1.54, 1.807) is 18.2 Å². The number of hydrogen-bond acceptors (Lipinski definition) is 8. The number of carbonyl (C=O) groups is 2. The Morgan fingerprint density at radius 1 is 0.869 bits per heavy atom. The van der Waals surface area contributed by atoms with Crippen molar-refractivity contribution in [1.82, 2.24) is 0 Å². The van der Waals surface area contributed by atoms with Crippen molar-refractivity contribution in [2.45, 2.75) is 70.8 Å². The fraction of sp³-hybridized carbons (Fsp3) is 0.306. The van der Waals surface area contributed by atoms with Crippen LogP contribution in [0.4, 0.5) is 5.69 Å². The van der Waals surface area contributed by atoms with Gasteiger partial charge in [0.15, 0.2) is 0 Å². The van der Waals surface area contributed by atoms with Gasteiger partial charge in [-0.2, -0.15) is 0 Å². The van der Waals surface area contributed by atoms with Crippen LogP contribution in [0.2, 0.25) is 11.4 Å². The SMILES string of the molecule is CC/C(=C\c1ccc(O)c2ccccc12)CC[C@H]1OB(O)C[C@H]2C1=C(CO[Si](c1ccccc1)(c1ccccc1)C(C)(C)C)C[C@H]1C(=O)N(c3cccc(B(O)O)c3)C(=O)[C@H]12. The Balaban J connectivity index is 1.21. The number of phenolic OH excluding ortho intramolecular Hbond substituents is 1. The van der Waals surface area contributed by atoms with Gasteiger partial charge in [0.2, 0.25) is 11.8 Å². The Morgan fingerprint density at radius 2 is 1.52 bits per heavy atom. The van der Waals surface area contributed by atoms with Crippen LogP contribution in [0.15, 0.2) is 138 Å². The summed E-state index contributed by atoms with van der Waals surface area (Å²) in [5.74, 6) is -2.43. The molecule has 12 heteroatoms. The summed E-state index contributed by atoms with van der Waals surface area (Å²) in [4.78, 5) is 30.4. The second-order valence-electron chi connectivity index (χ2n) is 17.7. The third-order valence-electron chi connectivity index (χ3n) is 13.1. The van der Waals surface area contributed by atoms with E-state index >= 15 is 0 Å². The number of imide groups is 1. The molecule has 0 spiro atoms. The molecule has 0 radical (unpaired) electrons. The molecular formula is C49H53B2NO8Si. The van der Waals surface area contributed by atoms with Crippen molar-refractivity contribution >= 4 is 72.7 Å². The predicted molar refractivity (Wildman–Crippen MR) is 245 cm³/mol. The average Bonchev–Trinajstić information content (AvgIpc) is 3.51. The van der Waals surface area contributed by atoms with Crippen LogP contribution < -0.4 is 20.7 Å². The minimum Gasteiger partial charge on any atom is -0.507 e. The van der Waals surface area contributed by atoms with Crippen LogP contribution in [0, 0.1) is 17.8 Å². The third kappa shape index (κ3) is 7.97. The summed E-state index contributed by atoms with van der Waals surface area (Å²) in [6.45, 7) is 9.00. The van der Waals surface area contributed by atoms with Gasteiger partial charge in [-0.05, 0) is 99.1 Å². The van der Waals surface area contributed by atoms with Crippen LogP contribution >= 0.6 is 0 Å². The van der Waals surface area contributed by atoms with Crippen LogP contribution in [0.5, 0.6) is 5.75 Å². The molecule has 2 amide bonds. The van der Waals surface area contributed by atoms with E-state index in [0.29, 0.717) is 12.8 Å². The lowest BCUT2D eigenvalue weighted by Gasteiger charge is -2.46. The molecule has 2 heterocycles. The quantitative estimate of drug-likeness (QED) is 0.0647. The summed E-state index contributed by atoms with van der Waals surface area (Å²) in [5.41, 5.74) is 4.47. The topological polar surface area (TPSA) is 137 Å². The standard InChI is InChI=1S/C49H53B2NO8Si/c1-5-32(27-33-24-25-43(53)40-22-13-12-21-39(33)40)23-26-44-45-34(31-59-61(49(2,3)4,37-17-8-6-9-18-37)38-19-10-7-11-20-38)28-41-46(42(45)30-50(56)60-44)48(55)52(47(41)54)36-16-14-15-35(29-36)51(57)58/h6-22,24-25,27,29,41-42,44,46,53,56-58H,5,23,26,28,30-31H2,1-4H3/b32-27+/t41-,42+,44-,46-/m1/s1. The maximum absolute atomic E-state index is 14.7. The number of fused-ring (bicyclic) bond motifs is 4. The zero-order valence-corrected chi connectivity index (χ0v) is 36.2. The molecule has 5 aromatic carbocycles. The first-order valence-corrected chi connectivity index (χ1v) is 23.3. The number of rotatable bonds is 12. The maximum atomic E-state index is 14.7. The molecule has 9 nitrogen and oxygen atoms in total. The second-order valence-corrected chi connectivity index (χ2v) is 22.0. The monoisotopic (exact) mass is 833 g/mol. The zero-order chi connectivity index (χ0) is 43.1. The highest BCUT2D eigenvalue weighted by atomic mass is 28.4. The van der Waals surface area contributed by atoms with Gasteiger partial charge in [0.05, 0.1) is 30.2 Å². The van der Waals surface area contributed by atoms with Gasteiger partial charge in [0.1, 0.15) is 5.75 Å². The van der Waals surface area contributed by atoms with Crippen LogP contribution in [-0.2, 0) is 18.7 Å².